The van der Waals surface area contributed by atoms with Gasteiger partial charge in [0.1, 0.15) is 5.01 Å². The number of aliphatic carboxylic acids is 1. The molecule has 3 aromatic rings. The number of thiazole rings is 1. The van der Waals surface area contributed by atoms with Gasteiger partial charge in [0.05, 0.1) is 16.4 Å². The van der Waals surface area contributed by atoms with E-state index >= 15 is 0 Å². The zero-order valence-corrected chi connectivity index (χ0v) is 12.9. The molecule has 0 saturated carbocycles. The number of hydrogen-bond acceptors (Lipinski definition) is 4. The van der Waals surface area contributed by atoms with Gasteiger partial charge in [-0.1, -0.05) is 12.1 Å². The molecule has 0 spiro atoms. The van der Waals surface area contributed by atoms with E-state index in [-0.39, 0.29) is 6.42 Å². The van der Waals surface area contributed by atoms with Crippen LogP contribution in [0.5, 0.6) is 0 Å². The van der Waals surface area contributed by atoms with Gasteiger partial charge >= 0.3 is 5.97 Å². The van der Waals surface area contributed by atoms with Gasteiger partial charge in [-0.3, -0.25) is 9.48 Å². The molecule has 3 rings (SSSR count). The van der Waals surface area contributed by atoms with Crippen LogP contribution >= 0.6 is 11.3 Å². The number of nitrogens with zero attached hydrogens (tertiary/aromatic N) is 3. The lowest BCUT2D eigenvalue weighted by atomic mass is 10.1. The Bertz CT molecular complexity index is 815. The first-order valence-corrected chi connectivity index (χ1v) is 7.70. The van der Waals surface area contributed by atoms with Gasteiger partial charge in [0, 0.05) is 25.2 Å². The number of para-hydroxylation sites is 1. The number of aryl methyl sites for hydroxylation is 1. The van der Waals surface area contributed by atoms with E-state index in [0.29, 0.717) is 6.42 Å². The van der Waals surface area contributed by atoms with E-state index in [9.17, 15) is 4.79 Å². The van der Waals surface area contributed by atoms with Crippen LogP contribution in [0.15, 0.2) is 36.7 Å². The Kier molecular flexibility index (Phi) is 4.02. The number of hydrogen-bond donors (Lipinski definition) is 1. The highest BCUT2D eigenvalue weighted by Gasteiger charge is 2.11. The minimum atomic E-state index is -0.807. The summed E-state index contributed by atoms with van der Waals surface area (Å²) in [4.78, 5) is 15.5. The number of benzene rings is 1. The summed E-state index contributed by atoms with van der Waals surface area (Å²) in [6.07, 6.45) is 6.15. The second kappa shape index (κ2) is 6.11. The topological polar surface area (TPSA) is 68.0 Å². The molecular weight excluding hydrogens is 298 g/mol. The summed E-state index contributed by atoms with van der Waals surface area (Å²) in [7, 11) is 1.85. The van der Waals surface area contributed by atoms with E-state index in [1.165, 1.54) is 0 Å². The molecule has 2 aromatic heterocycles. The van der Waals surface area contributed by atoms with Crippen molar-refractivity contribution in [1.29, 1.82) is 0 Å². The number of aromatic nitrogens is 3. The molecule has 112 valence electrons. The molecule has 5 nitrogen and oxygen atoms in total. The molecule has 0 atom stereocenters. The lowest BCUT2D eigenvalue weighted by Gasteiger charge is -2.01. The first-order valence-electron chi connectivity index (χ1n) is 6.89. The summed E-state index contributed by atoms with van der Waals surface area (Å²) < 4.78 is 2.82. The van der Waals surface area contributed by atoms with Crippen LogP contribution in [0.25, 0.3) is 21.9 Å². The summed E-state index contributed by atoms with van der Waals surface area (Å²) in [5, 5.41) is 14.0. The maximum absolute atomic E-state index is 10.9. The highest BCUT2D eigenvalue weighted by Crippen LogP contribution is 2.30. The molecule has 1 N–H and O–H groups in total. The van der Waals surface area contributed by atoms with Crippen LogP contribution in [0.1, 0.15) is 23.4 Å². The van der Waals surface area contributed by atoms with E-state index in [4.69, 9.17) is 5.11 Å². The van der Waals surface area contributed by atoms with Gasteiger partial charge < -0.3 is 5.11 Å². The van der Waals surface area contributed by atoms with Gasteiger partial charge in [0.2, 0.25) is 0 Å². The predicted octanol–water partition coefficient (Wildman–Crippen LogP) is 3.44. The summed E-state index contributed by atoms with van der Waals surface area (Å²) in [5.74, 6) is -0.807. The molecule has 0 aliphatic rings. The quantitative estimate of drug-likeness (QED) is 0.783. The third kappa shape index (κ3) is 3.23. The van der Waals surface area contributed by atoms with Crippen LogP contribution in [-0.4, -0.2) is 25.8 Å². The lowest BCUT2D eigenvalue weighted by Crippen LogP contribution is -1.95. The van der Waals surface area contributed by atoms with E-state index in [0.717, 1.165) is 26.4 Å². The van der Waals surface area contributed by atoms with Gasteiger partial charge in [-0.2, -0.15) is 5.10 Å². The summed E-state index contributed by atoms with van der Waals surface area (Å²) in [5.41, 5.74) is 2.81. The lowest BCUT2D eigenvalue weighted by molar-refractivity contribution is -0.136. The fourth-order valence-corrected chi connectivity index (χ4v) is 3.22. The van der Waals surface area contributed by atoms with Crippen LogP contribution in [0.4, 0.5) is 0 Å². The zero-order valence-electron chi connectivity index (χ0n) is 12.1. The number of allylic oxidation sites excluding steroid dienone is 1. The van der Waals surface area contributed by atoms with Crippen LogP contribution in [0, 0.1) is 0 Å². The van der Waals surface area contributed by atoms with Gasteiger partial charge in [-0.05, 0) is 30.2 Å². The zero-order chi connectivity index (χ0) is 15.5. The number of carboxylic acid groups (broad SMARTS) is 1. The molecule has 22 heavy (non-hydrogen) atoms. The molecule has 0 aliphatic heterocycles. The fraction of sp³-hybridized carbons (Fsp3) is 0.188. The number of rotatable bonds is 5. The normalized spacial score (nSPS) is 12.0. The van der Waals surface area contributed by atoms with Crippen molar-refractivity contribution in [3.63, 3.8) is 0 Å². The van der Waals surface area contributed by atoms with Crippen molar-refractivity contribution in [1.82, 2.24) is 14.8 Å². The molecule has 0 unspecified atom stereocenters. The first-order chi connectivity index (χ1) is 10.6. The monoisotopic (exact) mass is 313 g/mol. The molecular formula is C16H15N3O2S. The second-order valence-electron chi connectivity index (χ2n) is 5.00. The molecule has 0 fully saturated rings. The Labute approximate surface area is 131 Å². The molecule has 1 aromatic carbocycles. The average molecular weight is 313 g/mol. The molecule has 2 heterocycles. The van der Waals surface area contributed by atoms with E-state index < -0.39 is 5.97 Å². The van der Waals surface area contributed by atoms with Gasteiger partial charge in [-0.15, -0.1) is 11.3 Å². The minimum absolute atomic E-state index is 0.0853. The van der Waals surface area contributed by atoms with Crippen molar-refractivity contribution >= 4 is 39.2 Å². The Balaban J connectivity index is 1.99. The van der Waals surface area contributed by atoms with Crippen LogP contribution < -0.4 is 0 Å². The Morgan fingerprint density at radius 1 is 1.36 bits per heavy atom. The largest absolute Gasteiger partial charge is 0.481 e. The van der Waals surface area contributed by atoms with E-state index in [1.807, 2.05) is 43.6 Å². The fourth-order valence-electron chi connectivity index (χ4n) is 2.21. The van der Waals surface area contributed by atoms with Crippen molar-refractivity contribution in [2.24, 2.45) is 7.05 Å². The Hall–Kier alpha value is -2.47. The molecule has 0 radical (unpaired) electrons. The average Bonchev–Trinajstić information content (AvgIpc) is 3.09. The molecule has 6 heteroatoms. The third-order valence-electron chi connectivity index (χ3n) is 3.24. The summed E-state index contributed by atoms with van der Waals surface area (Å²) in [6.45, 7) is 0. The van der Waals surface area contributed by atoms with Crippen molar-refractivity contribution < 1.29 is 9.90 Å². The van der Waals surface area contributed by atoms with Gasteiger partial charge in [0.25, 0.3) is 0 Å². The van der Waals surface area contributed by atoms with E-state index in [1.54, 1.807) is 22.2 Å². The van der Waals surface area contributed by atoms with Crippen LogP contribution in [0.3, 0.4) is 0 Å². The Morgan fingerprint density at radius 3 is 2.86 bits per heavy atom. The Morgan fingerprint density at radius 2 is 2.18 bits per heavy atom. The van der Waals surface area contributed by atoms with Crippen LogP contribution in [-0.2, 0) is 11.8 Å². The third-order valence-corrected chi connectivity index (χ3v) is 4.35. The molecule has 0 aliphatic carbocycles. The minimum Gasteiger partial charge on any atom is -0.481 e. The number of carboxylic acids is 1. The summed E-state index contributed by atoms with van der Waals surface area (Å²) in [6, 6.07) is 7.92. The van der Waals surface area contributed by atoms with Gasteiger partial charge in [-0.25, -0.2) is 4.98 Å². The molecule has 0 saturated heterocycles. The summed E-state index contributed by atoms with van der Waals surface area (Å²) >= 11 is 1.58. The maximum atomic E-state index is 10.9. The van der Waals surface area contributed by atoms with Crippen molar-refractivity contribution in [2.45, 2.75) is 12.8 Å². The number of carbonyl (C=O) groups is 1. The second-order valence-corrected chi connectivity index (χ2v) is 6.03. The molecule has 0 amide bonds. The SMILES string of the molecule is Cn1cc(/C=C(\CCC(=O)O)c2nc3ccccc3s2)cn1. The molecule has 0 bridgehead atoms. The first kappa shape index (κ1) is 14.5. The van der Waals surface area contributed by atoms with E-state index in [2.05, 4.69) is 10.1 Å². The van der Waals surface area contributed by atoms with Crippen LogP contribution in [0.2, 0.25) is 0 Å². The van der Waals surface area contributed by atoms with Gasteiger partial charge in [0.15, 0.2) is 0 Å². The number of fused-ring (bicyclic) bond motifs is 1. The standard InChI is InChI=1S/C16H15N3O2S/c1-19-10-11(9-17-19)8-12(6-7-15(20)21)16-18-13-4-2-3-5-14(13)22-16/h2-5,8-10H,6-7H2,1H3,(H,20,21)/b12-8+. The maximum Gasteiger partial charge on any atom is 0.303 e. The van der Waals surface area contributed by atoms with Crippen molar-refractivity contribution in [2.75, 3.05) is 0 Å². The van der Waals surface area contributed by atoms with Crippen molar-refractivity contribution in [3.05, 3.63) is 47.2 Å². The highest BCUT2D eigenvalue weighted by molar-refractivity contribution is 7.19. The highest BCUT2D eigenvalue weighted by atomic mass is 32.1. The smallest absolute Gasteiger partial charge is 0.303 e. The van der Waals surface area contributed by atoms with Crippen molar-refractivity contribution in [3.8, 4) is 0 Å². The predicted molar refractivity (Wildman–Crippen MR) is 87.6 cm³/mol.